The van der Waals surface area contributed by atoms with Crippen molar-refractivity contribution >= 4 is 28.7 Å². The van der Waals surface area contributed by atoms with Crippen molar-refractivity contribution in [1.82, 2.24) is 5.32 Å². The number of rotatable bonds is 5. The third kappa shape index (κ3) is 4.14. The third-order valence-electron chi connectivity index (χ3n) is 3.65. The number of anilines is 2. The highest BCUT2D eigenvalue weighted by Gasteiger charge is 2.07. The zero-order chi connectivity index (χ0) is 16.8. The predicted molar refractivity (Wildman–Crippen MR) is 101 cm³/mol. The summed E-state index contributed by atoms with van der Waals surface area (Å²) in [6.07, 6.45) is 0.791. The number of hydrogen-bond donors (Lipinski definition) is 3. The largest absolute Gasteiger partial charge is 0.397 e. The zero-order valence-electron chi connectivity index (χ0n) is 13.2. The van der Waals surface area contributed by atoms with Crippen LogP contribution < -0.4 is 16.4 Å². The Labute approximate surface area is 145 Å². The maximum atomic E-state index is 12.1. The fourth-order valence-corrected chi connectivity index (χ4v) is 3.12. The normalized spacial score (nSPS) is 10.3. The van der Waals surface area contributed by atoms with E-state index in [0.29, 0.717) is 17.9 Å². The van der Waals surface area contributed by atoms with Crippen molar-refractivity contribution < 1.29 is 4.79 Å². The molecule has 0 bridgehead atoms. The van der Waals surface area contributed by atoms with Gasteiger partial charge in [0.1, 0.15) is 0 Å². The topological polar surface area (TPSA) is 67.1 Å². The van der Waals surface area contributed by atoms with Gasteiger partial charge in [-0.05, 0) is 41.1 Å². The Balaban J connectivity index is 1.59. The van der Waals surface area contributed by atoms with Crippen molar-refractivity contribution in [2.45, 2.75) is 6.42 Å². The first-order valence-electron chi connectivity index (χ1n) is 7.74. The maximum absolute atomic E-state index is 12.1. The van der Waals surface area contributed by atoms with Crippen LogP contribution in [0.25, 0.3) is 10.4 Å². The summed E-state index contributed by atoms with van der Waals surface area (Å²) in [6, 6.07) is 19.5. The van der Waals surface area contributed by atoms with Gasteiger partial charge in [0.2, 0.25) is 0 Å². The van der Waals surface area contributed by atoms with Crippen LogP contribution in [0.3, 0.4) is 0 Å². The van der Waals surface area contributed by atoms with Gasteiger partial charge in [-0.2, -0.15) is 0 Å². The SMILES string of the molecule is Nc1ccc(-c2cccs2)cc1NC(=O)NCCc1ccccc1. The molecule has 4 nitrogen and oxygen atoms in total. The van der Waals surface area contributed by atoms with E-state index in [1.165, 1.54) is 5.56 Å². The first-order chi connectivity index (χ1) is 11.7. The molecule has 4 N–H and O–H groups in total. The van der Waals surface area contributed by atoms with Crippen LogP contribution in [0.5, 0.6) is 0 Å². The molecule has 0 aliphatic heterocycles. The van der Waals surface area contributed by atoms with Gasteiger partial charge in [-0.3, -0.25) is 0 Å². The monoisotopic (exact) mass is 337 g/mol. The van der Waals surface area contributed by atoms with Crippen LogP contribution in [0.1, 0.15) is 5.56 Å². The predicted octanol–water partition coefficient (Wildman–Crippen LogP) is 4.36. The van der Waals surface area contributed by atoms with E-state index < -0.39 is 0 Å². The maximum Gasteiger partial charge on any atom is 0.319 e. The Hall–Kier alpha value is -2.79. The van der Waals surface area contributed by atoms with E-state index in [9.17, 15) is 4.79 Å². The van der Waals surface area contributed by atoms with Crippen LogP contribution in [-0.4, -0.2) is 12.6 Å². The van der Waals surface area contributed by atoms with Gasteiger partial charge in [-0.15, -0.1) is 11.3 Å². The Morgan fingerprint density at radius 3 is 2.62 bits per heavy atom. The molecule has 24 heavy (non-hydrogen) atoms. The number of nitrogens with one attached hydrogen (secondary N) is 2. The fraction of sp³-hybridized carbons (Fsp3) is 0.105. The highest BCUT2D eigenvalue weighted by atomic mass is 32.1. The van der Waals surface area contributed by atoms with Crippen molar-refractivity contribution in [2.24, 2.45) is 0 Å². The molecule has 0 unspecified atom stereocenters. The molecule has 1 heterocycles. The molecule has 0 spiro atoms. The van der Waals surface area contributed by atoms with Gasteiger partial charge < -0.3 is 16.4 Å². The molecule has 5 heteroatoms. The molecule has 0 aliphatic carbocycles. The van der Waals surface area contributed by atoms with E-state index in [4.69, 9.17) is 5.73 Å². The molecule has 122 valence electrons. The second-order valence-corrected chi connectivity index (χ2v) is 6.34. The summed E-state index contributed by atoms with van der Waals surface area (Å²) < 4.78 is 0. The number of carbonyl (C=O) groups excluding carboxylic acids is 1. The van der Waals surface area contributed by atoms with Crippen LogP contribution in [0.2, 0.25) is 0 Å². The van der Waals surface area contributed by atoms with E-state index in [1.807, 2.05) is 66.0 Å². The Morgan fingerprint density at radius 1 is 1.04 bits per heavy atom. The highest BCUT2D eigenvalue weighted by Crippen LogP contribution is 2.30. The summed E-state index contributed by atoms with van der Waals surface area (Å²) in [6.45, 7) is 0.570. The van der Waals surface area contributed by atoms with Crippen molar-refractivity contribution in [3.63, 3.8) is 0 Å². The first-order valence-corrected chi connectivity index (χ1v) is 8.62. The third-order valence-corrected chi connectivity index (χ3v) is 4.57. The quantitative estimate of drug-likeness (QED) is 0.606. The summed E-state index contributed by atoms with van der Waals surface area (Å²) in [4.78, 5) is 13.2. The molecule has 2 amide bonds. The molecule has 3 aromatic rings. The van der Waals surface area contributed by atoms with Gasteiger partial charge >= 0.3 is 6.03 Å². The molecule has 0 saturated carbocycles. The van der Waals surface area contributed by atoms with Crippen molar-refractivity contribution in [1.29, 1.82) is 0 Å². The molecule has 0 atom stereocenters. The minimum atomic E-state index is -0.249. The van der Waals surface area contributed by atoms with Gasteiger partial charge in [0.15, 0.2) is 0 Å². The molecule has 3 rings (SSSR count). The number of nitrogen functional groups attached to an aromatic ring is 1. The summed E-state index contributed by atoms with van der Waals surface area (Å²) in [5, 5.41) is 7.71. The highest BCUT2D eigenvalue weighted by molar-refractivity contribution is 7.13. The Morgan fingerprint density at radius 2 is 1.88 bits per heavy atom. The van der Waals surface area contributed by atoms with E-state index in [-0.39, 0.29) is 6.03 Å². The minimum Gasteiger partial charge on any atom is -0.397 e. The fourth-order valence-electron chi connectivity index (χ4n) is 2.39. The lowest BCUT2D eigenvalue weighted by Gasteiger charge is -2.11. The number of carbonyl (C=O) groups is 1. The minimum absolute atomic E-state index is 0.249. The van der Waals surface area contributed by atoms with Crippen LogP contribution in [0.15, 0.2) is 66.0 Å². The second-order valence-electron chi connectivity index (χ2n) is 5.40. The first kappa shape index (κ1) is 16.1. The summed E-state index contributed by atoms with van der Waals surface area (Å²) in [5.41, 5.74) is 9.38. The Kier molecular flexibility index (Phi) is 5.13. The number of hydrogen-bond acceptors (Lipinski definition) is 3. The van der Waals surface area contributed by atoms with Gasteiger partial charge in [0.05, 0.1) is 11.4 Å². The van der Waals surface area contributed by atoms with Gasteiger partial charge in [0, 0.05) is 11.4 Å². The number of thiophene rings is 1. The van der Waals surface area contributed by atoms with Gasteiger partial charge in [-0.1, -0.05) is 42.5 Å². The number of amides is 2. The summed E-state index contributed by atoms with van der Waals surface area (Å²) in [5.74, 6) is 0. The Bertz CT molecular complexity index is 801. The molecule has 0 saturated heterocycles. The van der Waals surface area contributed by atoms with Crippen molar-refractivity contribution in [3.05, 3.63) is 71.6 Å². The van der Waals surface area contributed by atoms with E-state index >= 15 is 0 Å². The summed E-state index contributed by atoms with van der Waals surface area (Å²) in [7, 11) is 0. The number of benzene rings is 2. The van der Waals surface area contributed by atoms with Crippen LogP contribution >= 0.6 is 11.3 Å². The van der Waals surface area contributed by atoms with E-state index in [2.05, 4.69) is 10.6 Å². The molecule has 0 aliphatic rings. The smallest absolute Gasteiger partial charge is 0.319 e. The second kappa shape index (κ2) is 7.66. The molecule has 1 aromatic heterocycles. The summed E-state index contributed by atoms with van der Waals surface area (Å²) >= 11 is 1.65. The number of urea groups is 1. The average Bonchev–Trinajstić information content (AvgIpc) is 3.12. The van der Waals surface area contributed by atoms with Gasteiger partial charge in [-0.25, -0.2) is 4.79 Å². The lowest BCUT2D eigenvalue weighted by Crippen LogP contribution is -2.30. The average molecular weight is 337 g/mol. The van der Waals surface area contributed by atoms with Crippen molar-refractivity contribution in [3.8, 4) is 10.4 Å². The van der Waals surface area contributed by atoms with Gasteiger partial charge in [0.25, 0.3) is 0 Å². The number of nitrogens with two attached hydrogens (primary N) is 1. The van der Waals surface area contributed by atoms with Crippen molar-refractivity contribution in [2.75, 3.05) is 17.6 Å². The zero-order valence-corrected chi connectivity index (χ0v) is 14.0. The van der Waals surface area contributed by atoms with Crippen LogP contribution in [-0.2, 0) is 6.42 Å². The van der Waals surface area contributed by atoms with E-state index in [1.54, 1.807) is 11.3 Å². The van der Waals surface area contributed by atoms with E-state index in [0.717, 1.165) is 16.9 Å². The molecular formula is C19H19N3OS. The lowest BCUT2D eigenvalue weighted by atomic mass is 10.1. The molecule has 0 radical (unpaired) electrons. The van der Waals surface area contributed by atoms with Crippen LogP contribution in [0, 0.1) is 0 Å². The molecular weight excluding hydrogens is 318 g/mol. The standard InChI is InChI=1S/C19H19N3OS/c20-16-9-8-15(18-7-4-12-24-18)13-17(16)22-19(23)21-11-10-14-5-2-1-3-6-14/h1-9,12-13H,10-11,20H2,(H2,21,22,23). The molecule has 2 aromatic carbocycles. The molecule has 0 fully saturated rings. The van der Waals surface area contributed by atoms with Crippen LogP contribution in [0.4, 0.5) is 16.2 Å². The lowest BCUT2D eigenvalue weighted by molar-refractivity contribution is 0.252.